The van der Waals surface area contributed by atoms with Crippen LogP contribution in [0.2, 0.25) is 0 Å². The van der Waals surface area contributed by atoms with E-state index in [1.165, 1.54) is 5.75 Å². The summed E-state index contributed by atoms with van der Waals surface area (Å²) in [6.07, 6.45) is 0.507. The number of carbonyl (C=O) groups excluding carboxylic acids is 1. The molecule has 16 heavy (non-hydrogen) atoms. The van der Waals surface area contributed by atoms with Crippen molar-refractivity contribution in [2.45, 2.75) is 30.8 Å². The van der Waals surface area contributed by atoms with Crippen LogP contribution in [0.1, 0.15) is 17.6 Å². The molecule has 2 heterocycles. The zero-order valence-corrected chi connectivity index (χ0v) is 11.9. The van der Waals surface area contributed by atoms with E-state index < -0.39 is 0 Å². The molecule has 0 aliphatic carbocycles. The highest BCUT2D eigenvalue weighted by atomic mass is 32.2. The highest BCUT2D eigenvalue weighted by molar-refractivity contribution is 8.07. The van der Waals surface area contributed by atoms with Gasteiger partial charge >= 0.3 is 0 Å². The second-order valence-electron chi connectivity index (χ2n) is 3.87. The van der Waals surface area contributed by atoms with E-state index in [4.69, 9.17) is 0 Å². The molecule has 1 aliphatic rings. The van der Waals surface area contributed by atoms with Crippen LogP contribution in [0, 0.1) is 6.92 Å². The van der Waals surface area contributed by atoms with Crippen molar-refractivity contribution in [2.75, 3.05) is 11.5 Å². The van der Waals surface area contributed by atoms with Crippen molar-refractivity contribution in [3.63, 3.8) is 0 Å². The minimum atomic E-state index is 0.167. The molecule has 0 radical (unpaired) electrons. The lowest BCUT2D eigenvalue weighted by Gasteiger charge is -2.26. The summed E-state index contributed by atoms with van der Waals surface area (Å²) in [5.41, 5.74) is 0.941. The summed E-state index contributed by atoms with van der Waals surface area (Å²) >= 11 is 5.34. The van der Waals surface area contributed by atoms with E-state index in [2.05, 4.69) is 11.9 Å². The molecule has 0 amide bonds. The molecule has 1 aromatic heterocycles. The van der Waals surface area contributed by atoms with Gasteiger partial charge in [0.05, 0.1) is 22.4 Å². The Morgan fingerprint density at radius 3 is 2.88 bits per heavy atom. The Hall–Kier alpha value is -0.0000000000000000833. The molecule has 1 aliphatic heterocycles. The van der Waals surface area contributed by atoms with Crippen LogP contribution in [0.4, 0.5) is 0 Å². The maximum Gasteiger partial charge on any atom is 0.152 e. The Bertz CT molecular complexity index is 377. The van der Waals surface area contributed by atoms with E-state index in [1.54, 1.807) is 11.3 Å². The van der Waals surface area contributed by atoms with Gasteiger partial charge in [-0.05, 0) is 6.92 Å². The Labute approximate surface area is 109 Å². The second kappa shape index (κ2) is 5.56. The molecule has 2 atom stereocenters. The van der Waals surface area contributed by atoms with Gasteiger partial charge in [-0.3, -0.25) is 4.79 Å². The van der Waals surface area contributed by atoms with E-state index in [1.807, 2.05) is 35.8 Å². The van der Waals surface area contributed by atoms with Crippen molar-refractivity contribution < 1.29 is 4.79 Å². The summed E-state index contributed by atoms with van der Waals surface area (Å²) in [5.74, 6) is 2.61. The maximum absolute atomic E-state index is 12.1. The molecule has 88 valence electrons. The van der Waals surface area contributed by atoms with Crippen molar-refractivity contribution in [2.24, 2.45) is 0 Å². The topological polar surface area (TPSA) is 30.0 Å². The Morgan fingerprint density at radius 2 is 2.25 bits per heavy atom. The van der Waals surface area contributed by atoms with E-state index >= 15 is 0 Å². The number of thiazole rings is 1. The quantitative estimate of drug-likeness (QED) is 0.847. The second-order valence-corrected chi connectivity index (χ2v) is 7.67. The number of nitrogens with zero attached hydrogens (tertiary/aromatic N) is 1. The molecule has 0 aromatic carbocycles. The largest absolute Gasteiger partial charge is 0.298 e. The molecule has 2 nitrogen and oxygen atoms in total. The number of hydrogen-bond acceptors (Lipinski definition) is 5. The van der Waals surface area contributed by atoms with E-state index in [-0.39, 0.29) is 5.25 Å². The van der Waals surface area contributed by atoms with E-state index in [9.17, 15) is 4.79 Å². The first-order chi connectivity index (χ1) is 7.66. The van der Waals surface area contributed by atoms with Gasteiger partial charge in [0.1, 0.15) is 0 Å². The van der Waals surface area contributed by atoms with Crippen molar-refractivity contribution in [3.05, 3.63) is 16.1 Å². The van der Waals surface area contributed by atoms with Crippen molar-refractivity contribution in [3.8, 4) is 0 Å². The van der Waals surface area contributed by atoms with Gasteiger partial charge < -0.3 is 0 Å². The van der Waals surface area contributed by atoms with Gasteiger partial charge in [0.2, 0.25) is 0 Å². The minimum absolute atomic E-state index is 0.167. The maximum atomic E-state index is 12.1. The van der Waals surface area contributed by atoms with Crippen LogP contribution in [-0.4, -0.2) is 32.8 Å². The smallest absolute Gasteiger partial charge is 0.152 e. The van der Waals surface area contributed by atoms with E-state index in [0.717, 1.165) is 16.5 Å². The average molecular weight is 273 g/mol. The third kappa shape index (κ3) is 3.02. The fourth-order valence-electron chi connectivity index (χ4n) is 1.76. The lowest BCUT2D eigenvalue weighted by atomic mass is 10.1. The fourth-order valence-corrected chi connectivity index (χ4v) is 5.10. The van der Waals surface area contributed by atoms with Crippen LogP contribution < -0.4 is 0 Å². The number of aromatic nitrogens is 1. The summed E-state index contributed by atoms with van der Waals surface area (Å²) in [5, 5.41) is 3.66. The Balaban J connectivity index is 1.96. The van der Waals surface area contributed by atoms with Crippen molar-refractivity contribution >= 4 is 40.6 Å². The number of carbonyl (C=O) groups is 1. The molecule has 0 N–H and O–H groups in total. The van der Waals surface area contributed by atoms with Crippen LogP contribution in [0.15, 0.2) is 5.38 Å². The van der Waals surface area contributed by atoms with Gasteiger partial charge in [0.25, 0.3) is 0 Å². The molecule has 2 rings (SSSR count). The highest BCUT2D eigenvalue weighted by Gasteiger charge is 2.29. The molecule has 1 fully saturated rings. The van der Waals surface area contributed by atoms with Crippen LogP contribution in [0.25, 0.3) is 0 Å². The van der Waals surface area contributed by atoms with Crippen molar-refractivity contribution in [1.82, 2.24) is 4.98 Å². The number of ketones is 1. The van der Waals surface area contributed by atoms with Gasteiger partial charge in [0.15, 0.2) is 5.78 Å². The predicted octanol–water partition coefficient (Wildman–Crippen LogP) is 2.80. The third-order valence-corrected chi connectivity index (χ3v) is 6.49. The summed E-state index contributed by atoms with van der Waals surface area (Å²) in [7, 11) is 0. The third-order valence-electron chi connectivity index (χ3n) is 2.53. The monoisotopic (exact) mass is 273 g/mol. The lowest BCUT2D eigenvalue weighted by molar-refractivity contribution is -0.117. The highest BCUT2D eigenvalue weighted by Crippen LogP contribution is 2.32. The number of thioether (sulfide) groups is 2. The van der Waals surface area contributed by atoms with Crippen molar-refractivity contribution in [1.29, 1.82) is 0 Å². The molecular formula is C11H15NOS3. The average Bonchev–Trinajstić information content (AvgIpc) is 2.64. The summed E-state index contributed by atoms with van der Waals surface area (Å²) in [6, 6.07) is 0. The zero-order valence-electron chi connectivity index (χ0n) is 9.43. The standard InChI is InChI=1S/C11H15NOS3/c1-7-11(15-4-3-14-7)10(13)5-9-6-16-8(2)12-9/h6-7,11H,3-5H2,1-2H3. The summed E-state index contributed by atoms with van der Waals surface area (Å²) in [6.45, 7) is 4.14. The first kappa shape index (κ1) is 12.5. The number of rotatable bonds is 3. The van der Waals surface area contributed by atoms with Gasteiger partial charge in [-0.15, -0.1) is 23.1 Å². The molecule has 2 unspecified atom stereocenters. The SMILES string of the molecule is Cc1nc(CC(=O)C2SCCSC2C)cs1. The number of hydrogen-bond donors (Lipinski definition) is 0. The molecule has 5 heteroatoms. The zero-order chi connectivity index (χ0) is 11.5. The van der Waals surface area contributed by atoms with Gasteiger partial charge in [-0.25, -0.2) is 4.98 Å². The summed E-state index contributed by atoms with van der Waals surface area (Å²) in [4.78, 5) is 16.5. The molecule has 0 spiro atoms. The number of Topliss-reactive ketones (excluding diaryl/α,β-unsaturated/α-hetero) is 1. The van der Waals surface area contributed by atoms with E-state index in [0.29, 0.717) is 17.5 Å². The van der Waals surface area contributed by atoms with Crippen LogP contribution >= 0.6 is 34.9 Å². The number of aryl methyl sites for hydroxylation is 1. The Morgan fingerprint density at radius 1 is 1.50 bits per heavy atom. The van der Waals surface area contributed by atoms with Crippen LogP contribution in [0.3, 0.4) is 0 Å². The van der Waals surface area contributed by atoms with Crippen LogP contribution in [-0.2, 0) is 11.2 Å². The van der Waals surface area contributed by atoms with Gasteiger partial charge in [0, 0.05) is 22.1 Å². The fraction of sp³-hybridized carbons (Fsp3) is 0.636. The normalized spacial score (nSPS) is 25.6. The van der Waals surface area contributed by atoms with Crippen LogP contribution in [0.5, 0.6) is 0 Å². The molecule has 1 saturated heterocycles. The van der Waals surface area contributed by atoms with Gasteiger partial charge in [-0.1, -0.05) is 6.92 Å². The Kier molecular flexibility index (Phi) is 4.33. The lowest BCUT2D eigenvalue weighted by Crippen LogP contribution is -2.32. The summed E-state index contributed by atoms with van der Waals surface area (Å²) < 4.78 is 0. The molecule has 0 saturated carbocycles. The molecule has 0 bridgehead atoms. The minimum Gasteiger partial charge on any atom is -0.298 e. The first-order valence-electron chi connectivity index (χ1n) is 5.34. The predicted molar refractivity (Wildman–Crippen MR) is 73.7 cm³/mol. The van der Waals surface area contributed by atoms with Gasteiger partial charge in [-0.2, -0.15) is 11.8 Å². The first-order valence-corrected chi connectivity index (χ1v) is 8.31. The molecule has 1 aromatic rings. The molecular weight excluding hydrogens is 258 g/mol.